The number of fused-ring (bicyclic) bond motifs is 1. The number of anilines is 1. The van der Waals surface area contributed by atoms with Gasteiger partial charge in [0.15, 0.2) is 0 Å². The lowest BCUT2D eigenvalue weighted by Crippen LogP contribution is -2.18. The summed E-state index contributed by atoms with van der Waals surface area (Å²) < 4.78 is 7.56. The van der Waals surface area contributed by atoms with Crippen molar-refractivity contribution in [3.63, 3.8) is 0 Å². The van der Waals surface area contributed by atoms with Gasteiger partial charge >= 0.3 is 0 Å². The van der Waals surface area contributed by atoms with Crippen molar-refractivity contribution in [3.8, 4) is 11.8 Å². The molecule has 0 aliphatic rings. The number of imidazole rings is 1. The van der Waals surface area contributed by atoms with Gasteiger partial charge in [-0.1, -0.05) is 36.4 Å². The topological polar surface area (TPSA) is 75.8 Å². The fraction of sp³-hybridized carbons (Fsp3) is 0.136. The molecule has 0 aliphatic carbocycles. The molecule has 1 atom stereocenters. The van der Waals surface area contributed by atoms with Crippen molar-refractivity contribution in [2.24, 2.45) is 7.05 Å². The van der Waals surface area contributed by atoms with Crippen molar-refractivity contribution in [1.82, 2.24) is 14.5 Å². The number of para-hydroxylation sites is 2. The first-order valence-electron chi connectivity index (χ1n) is 8.88. The number of hydrogen-bond acceptors (Lipinski definition) is 5. The molecule has 2 heterocycles. The second kappa shape index (κ2) is 7.41. The average molecular weight is 369 g/mol. The van der Waals surface area contributed by atoms with Crippen molar-refractivity contribution >= 4 is 16.6 Å². The number of nitrogens with zero attached hydrogens (tertiary/aromatic N) is 4. The lowest BCUT2D eigenvalue weighted by atomic mass is 10.0. The van der Waals surface area contributed by atoms with E-state index >= 15 is 0 Å². The number of ether oxygens (including phenoxy) is 1. The molecule has 0 saturated heterocycles. The van der Waals surface area contributed by atoms with Crippen molar-refractivity contribution in [3.05, 3.63) is 84.1 Å². The average Bonchev–Trinajstić information content (AvgIpc) is 3.17. The summed E-state index contributed by atoms with van der Waals surface area (Å²) in [5.41, 5.74) is 2.90. The highest BCUT2D eigenvalue weighted by Gasteiger charge is 2.23. The van der Waals surface area contributed by atoms with Crippen molar-refractivity contribution in [1.29, 1.82) is 5.26 Å². The van der Waals surface area contributed by atoms with Gasteiger partial charge in [-0.05, 0) is 18.2 Å². The van der Waals surface area contributed by atoms with E-state index in [0.717, 1.165) is 33.7 Å². The summed E-state index contributed by atoms with van der Waals surface area (Å²) in [5.74, 6) is 1.60. The van der Waals surface area contributed by atoms with Crippen LogP contribution in [0.5, 0.6) is 5.75 Å². The Morgan fingerprint density at radius 2 is 1.93 bits per heavy atom. The van der Waals surface area contributed by atoms with Crippen molar-refractivity contribution < 1.29 is 4.74 Å². The maximum Gasteiger partial charge on any atom is 0.143 e. The van der Waals surface area contributed by atoms with Gasteiger partial charge in [-0.2, -0.15) is 5.26 Å². The Morgan fingerprint density at radius 1 is 1.14 bits per heavy atom. The lowest BCUT2D eigenvalue weighted by Gasteiger charge is -2.23. The molecule has 0 spiro atoms. The van der Waals surface area contributed by atoms with Gasteiger partial charge in [0.2, 0.25) is 0 Å². The Balaban J connectivity index is 1.89. The van der Waals surface area contributed by atoms with Crippen LogP contribution in [0.25, 0.3) is 10.9 Å². The van der Waals surface area contributed by atoms with Gasteiger partial charge in [0.05, 0.1) is 12.6 Å². The highest BCUT2D eigenvalue weighted by Crippen LogP contribution is 2.34. The summed E-state index contributed by atoms with van der Waals surface area (Å²) in [6, 6.07) is 19.3. The van der Waals surface area contributed by atoms with Crippen LogP contribution in [0.2, 0.25) is 0 Å². The molecule has 1 N–H and O–H groups in total. The molecule has 1 unspecified atom stereocenters. The first-order valence-corrected chi connectivity index (χ1v) is 8.88. The van der Waals surface area contributed by atoms with Crippen LogP contribution in [-0.2, 0) is 7.05 Å². The maximum absolute atomic E-state index is 9.41. The van der Waals surface area contributed by atoms with E-state index in [4.69, 9.17) is 4.74 Å². The van der Waals surface area contributed by atoms with Crippen molar-refractivity contribution in [2.45, 2.75) is 6.04 Å². The molecule has 138 valence electrons. The number of aromatic nitrogens is 3. The summed E-state index contributed by atoms with van der Waals surface area (Å²) in [5, 5.41) is 13.9. The fourth-order valence-electron chi connectivity index (χ4n) is 3.35. The van der Waals surface area contributed by atoms with Gasteiger partial charge in [0.1, 0.15) is 29.4 Å². The van der Waals surface area contributed by atoms with Gasteiger partial charge in [0.25, 0.3) is 0 Å². The number of aryl methyl sites for hydroxylation is 1. The van der Waals surface area contributed by atoms with Gasteiger partial charge < -0.3 is 14.6 Å². The minimum Gasteiger partial charge on any atom is -0.496 e. The van der Waals surface area contributed by atoms with E-state index in [2.05, 4.69) is 21.4 Å². The van der Waals surface area contributed by atoms with Crippen LogP contribution in [0, 0.1) is 11.3 Å². The molecule has 4 rings (SSSR count). The van der Waals surface area contributed by atoms with Crippen LogP contribution in [0.4, 0.5) is 5.69 Å². The lowest BCUT2D eigenvalue weighted by molar-refractivity contribution is 0.408. The normalized spacial score (nSPS) is 11.8. The molecular formula is C22H19N5O. The zero-order valence-corrected chi connectivity index (χ0v) is 15.6. The Bertz CT molecular complexity index is 1170. The standard InChI is InChI=1S/C22H19N5O/c1-27-12-11-24-22(27)21(17-8-4-6-10-20(17)28-2)26-19-13-15(14-23)25-18-9-5-3-7-16(18)19/h3-13,21H,1-2H3,(H,25,26). The summed E-state index contributed by atoms with van der Waals surface area (Å²) in [7, 11) is 3.61. The van der Waals surface area contributed by atoms with Crippen LogP contribution in [0.3, 0.4) is 0 Å². The second-order valence-electron chi connectivity index (χ2n) is 6.40. The molecule has 4 aromatic rings. The van der Waals surface area contributed by atoms with Crippen LogP contribution in [-0.4, -0.2) is 21.6 Å². The molecule has 28 heavy (non-hydrogen) atoms. The molecule has 0 amide bonds. The SMILES string of the molecule is COc1ccccc1C(Nc1cc(C#N)nc2ccccc12)c1nccn1C. The van der Waals surface area contributed by atoms with Crippen LogP contribution >= 0.6 is 0 Å². The fourth-order valence-corrected chi connectivity index (χ4v) is 3.35. The number of methoxy groups -OCH3 is 1. The maximum atomic E-state index is 9.41. The number of benzene rings is 2. The Morgan fingerprint density at radius 3 is 2.68 bits per heavy atom. The molecule has 0 bridgehead atoms. The molecule has 2 aromatic heterocycles. The molecule has 6 nitrogen and oxygen atoms in total. The molecule has 0 saturated carbocycles. The third-order valence-electron chi connectivity index (χ3n) is 4.70. The number of rotatable bonds is 5. The van der Waals surface area contributed by atoms with Crippen LogP contribution < -0.4 is 10.1 Å². The summed E-state index contributed by atoms with van der Waals surface area (Å²) in [6.07, 6.45) is 3.68. The third-order valence-corrected chi connectivity index (χ3v) is 4.70. The van der Waals surface area contributed by atoms with Gasteiger partial charge in [0, 0.05) is 36.1 Å². The number of nitrogens with one attached hydrogen (secondary N) is 1. The predicted molar refractivity (Wildman–Crippen MR) is 108 cm³/mol. The summed E-state index contributed by atoms with van der Waals surface area (Å²) in [4.78, 5) is 8.95. The quantitative estimate of drug-likeness (QED) is 0.574. The van der Waals surface area contributed by atoms with Gasteiger partial charge in [-0.15, -0.1) is 0 Å². The monoisotopic (exact) mass is 369 g/mol. The smallest absolute Gasteiger partial charge is 0.143 e. The van der Waals surface area contributed by atoms with Gasteiger partial charge in [-0.25, -0.2) is 9.97 Å². The van der Waals surface area contributed by atoms with E-state index in [-0.39, 0.29) is 6.04 Å². The minimum absolute atomic E-state index is 0.270. The first-order chi connectivity index (χ1) is 13.7. The van der Waals surface area contributed by atoms with Crippen molar-refractivity contribution in [2.75, 3.05) is 12.4 Å². The van der Waals surface area contributed by atoms with E-state index < -0.39 is 0 Å². The number of hydrogen-bond donors (Lipinski definition) is 1. The Kier molecular flexibility index (Phi) is 4.65. The van der Waals surface area contributed by atoms with Crippen LogP contribution in [0.1, 0.15) is 23.1 Å². The Hall–Kier alpha value is -3.85. The summed E-state index contributed by atoms with van der Waals surface area (Å²) >= 11 is 0. The molecule has 0 fully saturated rings. The zero-order chi connectivity index (χ0) is 19.5. The number of nitriles is 1. The van der Waals surface area contributed by atoms with Gasteiger partial charge in [-0.3, -0.25) is 0 Å². The first kappa shape index (κ1) is 17.6. The molecule has 0 radical (unpaired) electrons. The van der Waals surface area contributed by atoms with E-state index in [1.165, 1.54) is 0 Å². The van der Waals surface area contributed by atoms with Crippen LogP contribution in [0.15, 0.2) is 67.0 Å². The van der Waals surface area contributed by atoms with E-state index in [1.54, 1.807) is 19.4 Å². The van der Waals surface area contributed by atoms with E-state index in [9.17, 15) is 5.26 Å². The molecule has 6 heteroatoms. The molecule has 2 aromatic carbocycles. The molecule has 0 aliphatic heterocycles. The van der Waals surface area contributed by atoms with E-state index in [1.807, 2.05) is 66.3 Å². The van der Waals surface area contributed by atoms with E-state index in [0.29, 0.717) is 5.69 Å². The predicted octanol–water partition coefficient (Wildman–Crippen LogP) is 4.05. The zero-order valence-electron chi connectivity index (χ0n) is 15.6. The Labute approximate surface area is 163 Å². The molecular weight excluding hydrogens is 350 g/mol. The highest BCUT2D eigenvalue weighted by molar-refractivity contribution is 5.92. The largest absolute Gasteiger partial charge is 0.496 e. The minimum atomic E-state index is -0.270. The second-order valence-corrected chi connectivity index (χ2v) is 6.40. The highest BCUT2D eigenvalue weighted by atomic mass is 16.5. The third kappa shape index (κ3) is 3.14. The summed E-state index contributed by atoms with van der Waals surface area (Å²) in [6.45, 7) is 0. The number of pyridine rings is 1.